The first-order valence-corrected chi connectivity index (χ1v) is 23.0. The zero-order chi connectivity index (χ0) is 40.8. The van der Waals surface area contributed by atoms with Crippen molar-refractivity contribution in [1.82, 2.24) is 0 Å². The summed E-state index contributed by atoms with van der Waals surface area (Å²) in [4.78, 5) is 35.3. The quantitative estimate of drug-likeness (QED) is 0.0171. The lowest BCUT2D eigenvalue weighted by atomic mass is 10.0. The number of carbonyl (C=O) groups is 2. The number of carbonyl (C=O) groups excluding carboxylic acids is 2. The third-order valence-electron chi connectivity index (χ3n) is 9.33. The molecule has 0 saturated heterocycles. The van der Waals surface area contributed by atoms with E-state index in [2.05, 4.69) is 38.2 Å². The minimum atomic E-state index is -4.97. The zero-order valence-corrected chi connectivity index (χ0v) is 35.3. The fourth-order valence-corrected chi connectivity index (χ4v) is 6.84. The molecule has 324 valence electrons. The van der Waals surface area contributed by atoms with Crippen molar-refractivity contribution in [3.63, 3.8) is 0 Å². The molecule has 0 radical (unpaired) electrons. The van der Waals surface area contributed by atoms with Crippen molar-refractivity contribution in [2.75, 3.05) is 26.4 Å². The molecule has 13 heteroatoms. The number of aliphatic hydroxyl groups is 4. The Morgan fingerprint density at radius 1 is 0.582 bits per heavy atom. The summed E-state index contributed by atoms with van der Waals surface area (Å²) in [6.45, 7) is 1.48. The van der Waals surface area contributed by atoms with Crippen LogP contribution in [-0.2, 0) is 32.7 Å². The standard InChI is InChI=1S/C42H79O12P/c1-3-5-7-9-11-13-15-17-18-20-21-23-25-27-29-31-40(46)51-35-37(36-52-55(49,50)54-39(34-44)42(48)38(45)33-43)53-41(47)32-30-28-26-24-22-19-16-14-12-10-8-6-4-2/h8,10,22,24,37-39,42-45,48H,3-7,9,11-21,23,25-36H2,1-2H3,(H,49,50)/b10-8-,24-22-/t37-,38-,39-,42+/m1/s1. The molecule has 0 aromatic heterocycles. The Morgan fingerprint density at radius 2 is 1.04 bits per heavy atom. The predicted molar refractivity (Wildman–Crippen MR) is 217 cm³/mol. The Bertz CT molecular complexity index is 1010. The van der Waals surface area contributed by atoms with Gasteiger partial charge in [-0.2, -0.15) is 0 Å². The van der Waals surface area contributed by atoms with Crippen molar-refractivity contribution in [2.45, 2.75) is 205 Å². The molecule has 0 amide bonds. The van der Waals surface area contributed by atoms with Crippen molar-refractivity contribution >= 4 is 19.8 Å². The third kappa shape index (κ3) is 34.2. The Kier molecular flexibility index (Phi) is 36.8. The van der Waals surface area contributed by atoms with Gasteiger partial charge in [-0.1, -0.05) is 134 Å². The summed E-state index contributed by atoms with van der Waals surface area (Å²) in [7, 11) is -4.97. The molecule has 12 nitrogen and oxygen atoms in total. The minimum Gasteiger partial charge on any atom is -0.462 e. The molecule has 5 N–H and O–H groups in total. The van der Waals surface area contributed by atoms with Gasteiger partial charge in [0, 0.05) is 12.8 Å². The monoisotopic (exact) mass is 807 g/mol. The molecule has 0 aromatic carbocycles. The van der Waals surface area contributed by atoms with Gasteiger partial charge < -0.3 is 34.8 Å². The molecule has 0 saturated carbocycles. The average Bonchev–Trinajstić information content (AvgIpc) is 3.17. The highest BCUT2D eigenvalue weighted by atomic mass is 31.2. The summed E-state index contributed by atoms with van der Waals surface area (Å²) < 4.78 is 33.1. The first-order chi connectivity index (χ1) is 26.6. The van der Waals surface area contributed by atoms with Crippen LogP contribution in [0.1, 0.15) is 181 Å². The molecule has 0 aliphatic carbocycles. The van der Waals surface area contributed by atoms with E-state index in [1.54, 1.807) is 0 Å². The molecule has 0 fully saturated rings. The number of phosphoric ester groups is 1. The number of ether oxygens (including phenoxy) is 2. The smallest absolute Gasteiger partial charge is 0.462 e. The number of hydrogen-bond donors (Lipinski definition) is 5. The van der Waals surface area contributed by atoms with Crippen LogP contribution < -0.4 is 0 Å². The maximum Gasteiger partial charge on any atom is 0.472 e. The molecular weight excluding hydrogens is 727 g/mol. The van der Waals surface area contributed by atoms with E-state index in [1.807, 2.05) is 0 Å². The largest absolute Gasteiger partial charge is 0.472 e. The summed E-state index contributed by atoms with van der Waals surface area (Å²) in [6.07, 6.45) is 29.4. The topological polar surface area (TPSA) is 189 Å². The molecule has 0 bridgehead atoms. The van der Waals surface area contributed by atoms with Crippen LogP contribution >= 0.6 is 7.82 Å². The van der Waals surface area contributed by atoms with E-state index in [0.717, 1.165) is 64.2 Å². The van der Waals surface area contributed by atoms with Gasteiger partial charge in [0.1, 0.15) is 24.9 Å². The van der Waals surface area contributed by atoms with E-state index in [4.69, 9.17) is 23.6 Å². The summed E-state index contributed by atoms with van der Waals surface area (Å²) in [5, 5.41) is 38.1. The highest BCUT2D eigenvalue weighted by molar-refractivity contribution is 7.47. The van der Waals surface area contributed by atoms with Crippen LogP contribution in [0.3, 0.4) is 0 Å². The van der Waals surface area contributed by atoms with Crippen LogP contribution in [0.15, 0.2) is 24.3 Å². The van der Waals surface area contributed by atoms with Gasteiger partial charge in [0.05, 0.1) is 19.8 Å². The molecule has 55 heavy (non-hydrogen) atoms. The molecule has 0 rings (SSSR count). The van der Waals surface area contributed by atoms with Crippen LogP contribution in [0, 0.1) is 0 Å². The van der Waals surface area contributed by atoms with E-state index < -0.39 is 70.6 Å². The van der Waals surface area contributed by atoms with Crippen molar-refractivity contribution < 1.29 is 58.0 Å². The van der Waals surface area contributed by atoms with Gasteiger partial charge in [-0.15, -0.1) is 0 Å². The molecule has 0 aliphatic rings. The van der Waals surface area contributed by atoms with E-state index in [1.165, 1.54) is 77.0 Å². The maximum atomic E-state index is 12.7. The fourth-order valence-electron chi connectivity index (χ4n) is 5.89. The van der Waals surface area contributed by atoms with Gasteiger partial charge in [0.25, 0.3) is 0 Å². The highest BCUT2D eigenvalue weighted by Crippen LogP contribution is 2.45. The fraction of sp³-hybridized carbons (Fsp3) is 0.857. The molecule has 0 spiro atoms. The number of aliphatic hydroxyl groups excluding tert-OH is 4. The van der Waals surface area contributed by atoms with Crippen LogP contribution in [0.5, 0.6) is 0 Å². The summed E-state index contributed by atoms with van der Waals surface area (Å²) in [6, 6.07) is 0. The number of unbranched alkanes of at least 4 members (excludes halogenated alkanes) is 20. The second-order valence-corrected chi connectivity index (χ2v) is 16.0. The van der Waals surface area contributed by atoms with Crippen LogP contribution in [0.4, 0.5) is 0 Å². The van der Waals surface area contributed by atoms with Gasteiger partial charge >= 0.3 is 19.8 Å². The number of allylic oxidation sites excluding steroid dienone is 4. The van der Waals surface area contributed by atoms with Gasteiger partial charge in [-0.25, -0.2) is 4.57 Å². The lowest BCUT2D eigenvalue weighted by Crippen LogP contribution is -2.42. The Morgan fingerprint density at radius 3 is 1.53 bits per heavy atom. The SMILES string of the molecule is CCC/C=C\CCCC/C=C\CCCCC(=O)O[C@H](COC(=O)CCCCCCCCCCCCCCCCC)COP(=O)(O)O[C@H](CO)[C@@H](O)[C@H](O)CO. The van der Waals surface area contributed by atoms with Gasteiger partial charge in [0.2, 0.25) is 0 Å². The van der Waals surface area contributed by atoms with Crippen LogP contribution in [0.25, 0.3) is 0 Å². The Balaban J connectivity index is 4.64. The first-order valence-electron chi connectivity index (χ1n) is 21.5. The second-order valence-electron chi connectivity index (χ2n) is 14.6. The minimum absolute atomic E-state index is 0.0899. The van der Waals surface area contributed by atoms with Crippen LogP contribution in [-0.4, -0.2) is 88.1 Å². The van der Waals surface area contributed by atoms with Gasteiger partial charge in [0.15, 0.2) is 6.10 Å². The summed E-state index contributed by atoms with van der Waals surface area (Å²) >= 11 is 0. The maximum absolute atomic E-state index is 12.7. The van der Waals surface area contributed by atoms with E-state index >= 15 is 0 Å². The molecule has 0 heterocycles. The lowest BCUT2D eigenvalue weighted by Gasteiger charge is -2.26. The second kappa shape index (κ2) is 37.9. The van der Waals surface area contributed by atoms with E-state index in [-0.39, 0.29) is 12.8 Å². The van der Waals surface area contributed by atoms with Crippen molar-refractivity contribution in [2.24, 2.45) is 0 Å². The molecule has 1 unspecified atom stereocenters. The third-order valence-corrected chi connectivity index (χ3v) is 10.3. The Labute approximate surface area is 333 Å². The predicted octanol–water partition coefficient (Wildman–Crippen LogP) is 8.94. The molecule has 0 aromatic rings. The van der Waals surface area contributed by atoms with Gasteiger partial charge in [-0.3, -0.25) is 18.6 Å². The average molecular weight is 807 g/mol. The number of phosphoric acid groups is 1. The van der Waals surface area contributed by atoms with Gasteiger partial charge in [-0.05, 0) is 57.8 Å². The van der Waals surface area contributed by atoms with Crippen molar-refractivity contribution in [3.8, 4) is 0 Å². The summed E-state index contributed by atoms with van der Waals surface area (Å²) in [5.74, 6) is -1.07. The lowest BCUT2D eigenvalue weighted by molar-refractivity contribution is -0.161. The molecule has 0 aliphatic heterocycles. The normalized spacial score (nSPS) is 15.3. The van der Waals surface area contributed by atoms with Crippen molar-refractivity contribution in [1.29, 1.82) is 0 Å². The Hall–Kier alpha value is -1.63. The summed E-state index contributed by atoms with van der Waals surface area (Å²) in [5.41, 5.74) is 0. The molecular formula is C42H79O12P. The van der Waals surface area contributed by atoms with Crippen molar-refractivity contribution in [3.05, 3.63) is 24.3 Å². The number of esters is 2. The van der Waals surface area contributed by atoms with Crippen LogP contribution in [0.2, 0.25) is 0 Å². The highest BCUT2D eigenvalue weighted by Gasteiger charge is 2.35. The van der Waals surface area contributed by atoms with E-state index in [0.29, 0.717) is 12.8 Å². The number of hydrogen-bond acceptors (Lipinski definition) is 11. The first kappa shape index (κ1) is 53.4. The zero-order valence-electron chi connectivity index (χ0n) is 34.4. The number of rotatable bonds is 40. The van der Waals surface area contributed by atoms with E-state index in [9.17, 15) is 34.4 Å². The molecule has 5 atom stereocenters.